The SMILES string of the molecule is CCCc1ccc2c(c1)NCO2. The zero-order chi connectivity index (χ0) is 8.39. The molecule has 0 spiro atoms. The van der Waals surface area contributed by atoms with Crippen molar-refractivity contribution in [2.24, 2.45) is 0 Å². The fraction of sp³-hybridized carbons (Fsp3) is 0.400. The van der Waals surface area contributed by atoms with Gasteiger partial charge in [-0.05, 0) is 24.1 Å². The van der Waals surface area contributed by atoms with Crippen LogP contribution in [0.3, 0.4) is 0 Å². The minimum atomic E-state index is 0.616. The molecule has 0 saturated heterocycles. The van der Waals surface area contributed by atoms with Gasteiger partial charge >= 0.3 is 0 Å². The highest BCUT2D eigenvalue weighted by molar-refractivity contribution is 5.60. The largest absolute Gasteiger partial charge is 0.471 e. The first-order valence-electron chi connectivity index (χ1n) is 4.40. The van der Waals surface area contributed by atoms with Crippen molar-refractivity contribution in [3.8, 4) is 5.75 Å². The molecular formula is C10H13NO. The molecule has 1 N–H and O–H groups in total. The second-order valence-electron chi connectivity index (χ2n) is 3.05. The first-order chi connectivity index (χ1) is 5.90. The maximum absolute atomic E-state index is 5.32. The summed E-state index contributed by atoms with van der Waals surface area (Å²) >= 11 is 0. The second kappa shape index (κ2) is 3.05. The molecule has 1 aliphatic rings. The Labute approximate surface area is 72.5 Å². The van der Waals surface area contributed by atoms with Crippen LogP contribution in [0.1, 0.15) is 18.9 Å². The Morgan fingerprint density at radius 2 is 2.42 bits per heavy atom. The Kier molecular flexibility index (Phi) is 1.90. The summed E-state index contributed by atoms with van der Waals surface area (Å²) in [5.74, 6) is 0.981. The summed E-state index contributed by atoms with van der Waals surface area (Å²) in [5.41, 5.74) is 2.52. The molecule has 1 aliphatic heterocycles. The lowest BCUT2D eigenvalue weighted by atomic mass is 10.1. The van der Waals surface area contributed by atoms with Crippen molar-refractivity contribution >= 4 is 5.69 Å². The van der Waals surface area contributed by atoms with Crippen LogP contribution >= 0.6 is 0 Å². The molecule has 0 bridgehead atoms. The van der Waals surface area contributed by atoms with Crippen LogP contribution in [-0.2, 0) is 6.42 Å². The quantitative estimate of drug-likeness (QED) is 0.722. The number of hydrogen-bond acceptors (Lipinski definition) is 2. The maximum Gasteiger partial charge on any atom is 0.159 e. The van der Waals surface area contributed by atoms with E-state index in [1.807, 2.05) is 6.07 Å². The summed E-state index contributed by atoms with van der Waals surface area (Å²) in [6, 6.07) is 6.35. The molecule has 2 heteroatoms. The first-order valence-corrected chi connectivity index (χ1v) is 4.40. The van der Waals surface area contributed by atoms with Crippen molar-refractivity contribution in [3.63, 3.8) is 0 Å². The van der Waals surface area contributed by atoms with Crippen molar-refractivity contribution in [1.82, 2.24) is 0 Å². The van der Waals surface area contributed by atoms with E-state index in [0.29, 0.717) is 6.73 Å². The summed E-state index contributed by atoms with van der Waals surface area (Å²) in [5, 5.41) is 3.18. The van der Waals surface area contributed by atoms with E-state index >= 15 is 0 Å². The Morgan fingerprint density at radius 3 is 3.25 bits per heavy atom. The van der Waals surface area contributed by atoms with Crippen molar-refractivity contribution in [1.29, 1.82) is 0 Å². The molecule has 0 amide bonds. The van der Waals surface area contributed by atoms with Gasteiger partial charge in [0.25, 0.3) is 0 Å². The Bertz CT molecular complexity index is 283. The van der Waals surface area contributed by atoms with Crippen LogP contribution in [0.15, 0.2) is 18.2 Å². The van der Waals surface area contributed by atoms with E-state index in [-0.39, 0.29) is 0 Å². The highest BCUT2D eigenvalue weighted by Crippen LogP contribution is 2.29. The van der Waals surface area contributed by atoms with E-state index in [2.05, 4.69) is 24.4 Å². The molecule has 2 rings (SSSR count). The standard InChI is InChI=1S/C10H13NO/c1-2-3-8-4-5-10-9(6-8)11-7-12-10/h4-6,11H,2-3,7H2,1H3. The third-order valence-electron chi connectivity index (χ3n) is 2.07. The van der Waals surface area contributed by atoms with E-state index in [4.69, 9.17) is 4.74 Å². The molecule has 0 fully saturated rings. The fourth-order valence-corrected chi connectivity index (χ4v) is 1.48. The van der Waals surface area contributed by atoms with Crippen molar-refractivity contribution < 1.29 is 4.74 Å². The molecule has 0 saturated carbocycles. The average molecular weight is 163 g/mol. The second-order valence-corrected chi connectivity index (χ2v) is 3.05. The van der Waals surface area contributed by atoms with Gasteiger partial charge < -0.3 is 10.1 Å². The minimum absolute atomic E-state index is 0.616. The smallest absolute Gasteiger partial charge is 0.159 e. The number of ether oxygens (including phenoxy) is 1. The predicted octanol–water partition coefficient (Wildman–Crippen LogP) is 2.40. The zero-order valence-electron chi connectivity index (χ0n) is 7.26. The summed E-state index contributed by atoms with van der Waals surface area (Å²) < 4.78 is 5.32. The van der Waals surface area contributed by atoms with E-state index < -0.39 is 0 Å². The molecule has 0 unspecified atom stereocenters. The van der Waals surface area contributed by atoms with E-state index in [9.17, 15) is 0 Å². The molecule has 0 atom stereocenters. The van der Waals surface area contributed by atoms with E-state index in [1.54, 1.807) is 0 Å². The monoisotopic (exact) mass is 163 g/mol. The first kappa shape index (κ1) is 7.47. The Morgan fingerprint density at radius 1 is 1.50 bits per heavy atom. The minimum Gasteiger partial charge on any atom is -0.471 e. The fourth-order valence-electron chi connectivity index (χ4n) is 1.48. The number of hydrogen-bond donors (Lipinski definition) is 1. The molecule has 12 heavy (non-hydrogen) atoms. The average Bonchev–Trinajstić information content (AvgIpc) is 2.51. The number of aryl methyl sites for hydroxylation is 1. The normalized spacial score (nSPS) is 13.4. The number of fused-ring (bicyclic) bond motifs is 1. The predicted molar refractivity (Wildman–Crippen MR) is 49.6 cm³/mol. The summed E-state index contributed by atoms with van der Waals surface area (Å²) in [7, 11) is 0. The summed E-state index contributed by atoms with van der Waals surface area (Å²) in [4.78, 5) is 0. The van der Waals surface area contributed by atoms with Crippen LogP contribution in [0.4, 0.5) is 5.69 Å². The molecule has 1 heterocycles. The number of rotatable bonds is 2. The van der Waals surface area contributed by atoms with Crippen LogP contribution in [0, 0.1) is 0 Å². The van der Waals surface area contributed by atoms with Crippen molar-refractivity contribution in [2.75, 3.05) is 12.0 Å². The molecule has 0 radical (unpaired) electrons. The third-order valence-corrected chi connectivity index (χ3v) is 2.07. The van der Waals surface area contributed by atoms with Crippen LogP contribution < -0.4 is 10.1 Å². The van der Waals surface area contributed by atoms with Crippen LogP contribution in [-0.4, -0.2) is 6.73 Å². The maximum atomic E-state index is 5.32. The summed E-state index contributed by atoms with van der Waals surface area (Å²) in [6.45, 7) is 2.81. The van der Waals surface area contributed by atoms with Gasteiger partial charge in [-0.2, -0.15) is 0 Å². The lowest BCUT2D eigenvalue weighted by molar-refractivity contribution is 0.372. The lowest BCUT2D eigenvalue weighted by Crippen LogP contribution is -1.96. The van der Waals surface area contributed by atoms with Crippen molar-refractivity contribution in [2.45, 2.75) is 19.8 Å². The van der Waals surface area contributed by atoms with Gasteiger partial charge in [-0.3, -0.25) is 0 Å². The van der Waals surface area contributed by atoms with Crippen LogP contribution in [0.25, 0.3) is 0 Å². The van der Waals surface area contributed by atoms with Crippen LogP contribution in [0.5, 0.6) is 5.75 Å². The highest BCUT2D eigenvalue weighted by atomic mass is 16.5. The van der Waals surface area contributed by atoms with Gasteiger partial charge in [0.2, 0.25) is 0 Å². The van der Waals surface area contributed by atoms with Gasteiger partial charge in [0.05, 0.1) is 5.69 Å². The molecule has 1 aromatic carbocycles. The Hall–Kier alpha value is -1.18. The lowest BCUT2D eigenvalue weighted by Gasteiger charge is -2.00. The van der Waals surface area contributed by atoms with Gasteiger partial charge in [-0.1, -0.05) is 19.4 Å². The van der Waals surface area contributed by atoms with Crippen molar-refractivity contribution in [3.05, 3.63) is 23.8 Å². The van der Waals surface area contributed by atoms with Gasteiger partial charge in [-0.25, -0.2) is 0 Å². The van der Waals surface area contributed by atoms with Gasteiger partial charge in [0.15, 0.2) is 6.73 Å². The van der Waals surface area contributed by atoms with Crippen LogP contribution in [0.2, 0.25) is 0 Å². The molecule has 0 aromatic heterocycles. The Balaban J connectivity index is 2.26. The molecule has 2 nitrogen and oxygen atoms in total. The summed E-state index contributed by atoms with van der Waals surface area (Å²) in [6.07, 6.45) is 2.34. The molecule has 64 valence electrons. The number of nitrogens with one attached hydrogen (secondary N) is 1. The number of anilines is 1. The molecule has 0 aliphatic carbocycles. The van der Waals surface area contributed by atoms with Gasteiger partial charge in [0, 0.05) is 0 Å². The zero-order valence-corrected chi connectivity index (χ0v) is 7.26. The van der Waals surface area contributed by atoms with Gasteiger partial charge in [0.1, 0.15) is 5.75 Å². The van der Waals surface area contributed by atoms with Gasteiger partial charge in [-0.15, -0.1) is 0 Å². The topological polar surface area (TPSA) is 21.3 Å². The number of benzene rings is 1. The molecular weight excluding hydrogens is 150 g/mol. The highest BCUT2D eigenvalue weighted by Gasteiger charge is 2.09. The third kappa shape index (κ3) is 1.24. The van der Waals surface area contributed by atoms with E-state index in [0.717, 1.165) is 17.9 Å². The van der Waals surface area contributed by atoms with E-state index in [1.165, 1.54) is 12.0 Å². The molecule has 1 aromatic rings.